The molecule has 1 fully saturated rings. The second-order valence-corrected chi connectivity index (χ2v) is 10.9. The van der Waals surface area contributed by atoms with E-state index in [-0.39, 0.29) is 0 Å². The van der Waals surface area contributed by atoms with Crippen molar-refractivity contribution in [3.8, 4) is 0 Å². The summed E-state index contributed by atoms with van der Waals surface area (Å²) < 4.78 is 11.0. The van der Waals surface area contributed by atoms with E-state index < -0.39 is 8.07 Å². The summed E-state index contributed by atoms with van der Waals surface area (Å²) in [4.78, 5) is 0. The van der Waals surface area contributed by atoms with Crippen molar-refractivity contribution in [3.05, 3.63) is 6.61 Å². The molecule has 83 valence electrons. The Kier molecular flexibility index (Phi) is 5.13. The second kappa shape index (κ2) is 5.88. The minimum Gasteiger partial charge on any atom is -0.381 e. The minimum absolute atomic E-state index is 0.533. The van der Waals surface area contributed by atoms with Crippen LogP contribution in [0.15, 0.2) is 0 Å². The van der Waals surface area contributed by atoms with Crippen LogP contribution in [-0.2, 0) is 9.47 Å². The number of hydrogen-bond donors (Lipinski definition) is 0. The largest absolute Gasteiger partial charge is 0.381 e. The van der Waals surface area contributed by atoms with E-state index in [1.165, 1.54) is 18.9 Å². The highest BCUT2D eigenvalue weighted by atomic mass is 28.3. The van der Waals surface area contributed by atoms with Crippen molar-refractivity contribution < 1.29 is 9.47 Å². The van der Waals surface area contributed by atoms with E-state index in [4.69, 9.17) is 9.47 Å². The van der Waals surface area contributed by atoms with Gasteiger partial charge in [0.2, 0.25) is 0 Å². The van der Waals surface area contributed by atoms with Crippen molar-refractivity contribution in [2.75, 3.05) is 19.8 Å². The van der Waals surface area contributed by atoms with E-state index in [9.17, 15) is 0 Å². The molecule has 0 aromatic carbocycles. The lowest BCUT2D eigenvalue weighted by molar-refractivity contribution is 0.0501. The van der Waals surface area contributed by atoms with Crippen LogP contribution in [0, 0.1) is 12.5 Å². The molecule has 1 saturated heterocycles. The standard InChI is InChI=1S/C11H23O2Si/c1-14(2,3)8-7-13-10-11-5-4-6-12-9-11/h9,11H,4-8,10H2,1-3H3. The van der Waals surface area contributed by atoms with Crippen molar-refractivity contribution in [2.24, 2.45) is 5.92 Å². The van der Waals surface area contributed by atoms with Gasteiger partial charge in [-0.15, -0.1) is 0 Å². The van der Waals surface area contributed by atoms with Gasteiger partial charge in [0.05, 0.1) is 13.2 Å². The van der Waals surface area contributed by atoms with E-state index >= 15 is 0 Å². The predicted molar refractivity (Wildman–Crippen MR) is 61.9 cm³/mol. The van der Waals surface area contributed by atoms with Crippen molar-refractivity contribution >= 4 is 8.07 Å². The van der Waals surface area contributed by atoms with E-state index in [1.807, 2.05) is 6.61 Å². The Labute approximate surface area is 89.0 Å². The third-order valence-electron chi connectivity index (χ3n) is 2.45. The second-order valence-electron chi connectivity index (χ2n) is 5.29. The van der Waals surface area contributed by atoms with E-state index in [2.05, 4.69) is 19.6 Å². The van der Waals surface area contributed by atoms with Gasteiger partial charge < -0.3 is 9.47 Å². The lowest BCUT2D eigenvalue weighted by atomic mass is 10.0. The number of hydrogen-bond acceptors (Lipinski definition) is 2. The number of ether oxygens (including phenoxy) is 2. The van der Waals surface area contributed by atoms with Crippen molar-refractivity contribution in [3.63, 3.8) is 0 Å². The summed E-state index contributed by atoms with van der Waals surface area (Å²) in [5.41, 5.74) is 0. The zero-order chi connectivity index (χ0) is 10.4. The van der Waals surface area contributed by atoms with Crippen LogP contribution in [0.4, 0.5) is 0 Å². The molecular weight excluding hydrogens is 192 g/mol. The third-order valence-corrected chi connectivity index (χ3v) is 4.16. The molecule has 0 N–H and O–H groups in total. The van der Waals surface area contributed by atoms with Gasteiger partial charge in [-0.1, -0.05) is 19.6 Å². The van der Waals surface area contributed by atoms with Crippen molar-refractivity contribution in [1.29, 1.82) is 0 Å². The van der Waals surface area contributed by atoms with Gasteiger partial charge in [-0.05, 0) is 18.9 Å². The quantitative estimate of drug-likeness (QED) is 0.518. The maximum Gasteiger partial charge on any atom is 0.0890 e. The molecule has 2 nitrogen and oxygen atoms in total. The van der Waals surface area contributed by atoms with Crippen LogP contribution in [0.5, 0.6) is 0 Å². The predicted octanol–water partition coefficient (Wildman–Crippen LogP) is 2.93. The maximum atomic E-state index is 5.67. The highest BCUT2D eigenvalue weighted by Crippen LogP contribution is 2.17. The molecule has 1 aliphatic heterocycles. The maximum absolute atomic E-state index is 5.67. The van der Waals surface area contributed by atoms with Gasteiger partial charge in [0.25, 0.3) is 0 Å². The molecule has 0 aliphatic carbocycles. The number of rotatable bonds is 5. The van der Waals surface area contributed by atoms with E-state index in [1.54, 1.807) is 0 Å². The zero-order valence-electron chi connectivity index (χ0n) is 9.71. The summed E-state index contributed by atoms with van der Waals surface area (Å²) in [7, 11) is -0.910. The Balaban J connectivity index is 1.97. The summed E-state index contributed by atoms with van der Waals surface area (Å²) in [6.45, 7) is 11.8. The molecule has 1 atom stereocenters. The fourth-order valence-electron chi connectivity index (χ4n) is 1.44. The normalized spacial score (nSPS) is 23.8. The van der Waals surface area contributed by atoms with Gasteiger partial charge in [0.15, 0.2) is 0 Å². The molecule has 0 spiro atoms. The Morgan fingerprint density at radius 2 is 2.21 bits per heavy atom. The highest BCUT2D eigenvalue weighted by Gasteiger charge is 2.16. The fraction of sp³-hybridized carbons (Fsp3) is 0.909. The van der Waals surface area contributed by atoms with Crippen LogP contribution in [0.1, 0.15) is 12.8 Å². The topological polar surface area (TPSA) is 18.5 Å². The highest BCUT2D eigenvalue weighted by molar-refractivity contribution is 6.76. The van der Waals surface area contributed by atoms with Crippen LogP contribution < -0.4 is 0 Å². The van der Waals surface area contributed by atoms with Crippen LogP contribution in [0.25, 0.3) is 0 Å². The van der Waals surface area contributed by atoms with Crippen LogP contribution in [-0.4, -0.2) is 27.9 Å². The molecule has 1 unspecified atom stereocenters. The molecule has 0 aromatic heterocycles. The molecule has 0 aromatic rings. The molecule has 1 heterocycles. The fourth-order valence-corrected chi connectivity index (χ4v) is 2.19. The SMILES string of the molecule is C[Si](C)(C)CCOCC1[CH]OCCC1. The molecule has 14 heavy (non-hydrogen) atoms. The molecule has 1 rings (SSSR count). The average molecular weight is 215 g/mol. The molecule has 1 radical (unpaired) electrons. The Hall–Kier alpha value is 0.137. The van der Waals surface area contributed by atoms with Crippen molar-refractivity contribution in [2.45, 2.75) is 38.5 Å². The van der Waals surface area contributed by atoms with Gasteiger partial charge in [0.1, 0.15) is 0 Å². The molecule has 0 bridgehead atoms. The average Bonchev–Trinajstić information content (AvgIpc) is 2.13. The summed E-state index contributed by atoms with van der Waals surface area (Å²) in [6.07, 6.45) is 2.41. The van der Waals surface area contributed by atoms with Crippen LogP contribution >= 0.6 is 0 Å². The molecular formula is C11H23O2Si. The van der Waals surface area contributed by atoms with Gasteiger partial charge >= 0.3 is 0 Å². The van der Waals surface area contributed by atoms with Crippen LogP contribution in [0.2, 0.25) is 25.7 Å². The smallest absolute Gasteiger partial charge is 0.0890 e. The van der Waals surface area contributed by atoms with E-state index in [0.717, 1.165) is 19.8 Å². The first-order valence-corrected chi connectivity index (χ1v) is 9.31. The first-order chi connectivity index (χ1) is 6.58. The van der Waals surface area contributed by atoms with Gasteiger partial charge in [-0.25, -0.2) is 0 Å². The molecule has 1 aliphatic rings. The molecule has 3 heteroatoms. The Bertz CT molecular complexity index is 148. The monoisotopic (exact) mass is 215 g/mol. The summed E-state index contributed by atoms with van der Waals surface area (Å²) in [5, 5.41) is 0. The van der Waals surface area contributed by atoms with Gasteiger partial charge in [0, 0.05) is 27.2 Å². The minimum atomic E-state index is -0.910. The molecule has 0 saturated carbocycles. The van der Waals surface area contributed by atoms with E-state index in [0.29, 0.717) is 5.92 Å². The molecule has 0 amide bonds. The third kappa shape index (κ3) is 5.78. The Morgan fingerprint density at radius 1 is 1.43 bits per heavy atom. The van der Waals surface area contributed by atoms with Crippen molar-refractivity contribution in [1.82, 2.24) is 0 Å². The first-order valence-electron chi connectivity index (χ1n) is 5.61. The van der Waals surface area contributed by atoms with Gasteiger partial charge in [-0.3, -0.25) is 0 Å². The summed E-state index contributed by atoms with van der Waals surface area (Å²) in [5.74, 6) is 0.533. The zero-order valence-corrected chi connectivity index (χ0v) is 10.7. The summed E-state index contributed by atoms with van der Waals surface area (Å²) >= 11 is 0. The van der Waals surface area contributed by atoms with Gasteiger partial charge in [-0.2, -0.15) is 0 Å². The first kappa shape index (κ1) is 12.2. The lowest BCUT2D eigenvalue weighted by Gasteiger charge is -2.22. The summed E-state index contributed by atoms with van der Waals surface area (Å²) in [6, 6.07) is 1.26. The van der Waals surface area contributed by atoms with Crippen LogP contribution in [0.3, 0.4) is 0 Å². The lowest BCUT2D eigenvalue weighted by Crippen LogP contribution is -2.23. The Morgan fingerprint density at radius 3 is 2.79 bits per heavy atom.